The van der Waals surface area contributed by atoms with Crippen LogP contribution in [-0.2, 0) is 28.6 Å². The van der Waals surface area contributed by atoms with E-state index < -0.39 is 6.10 Å². The van der Waals surface area contributed by atoms with E-state index in [2.05, 4.69) is 69.4 Å². The summed E-state index contributed by atoms with van der Waals surface area (Å²) in [5.41, 5.74) is 0. The number of esters is 3. The van der Waals surface area contributed by atoms with Crippen LogP contribution in [0, 0.1) is 0 Å². The van der Waals surface area contributed by atoms with E-state index in [1.165, 1.54) is 109 Å². The highest BCUT2D eigenvalue weighted by atomic mass is 16.6. The van der Waals surface area contributed by atoms with Gasteiger partial charge >= 0.3 is 17.9 Å². The first-order valence-corrected chi connectivity index (χ1v) is 25.1. The topological polar surface area (TPSA) is 78.9 Å². The standard InChI is InChI=1S/C53H94O6/c1-4-7-10-13-15-17-19-21-22-23-24-25-26-27-28-29-30-32-33-35-37-40-43-46-52(55)58-49-50(48-57-51(54)45-42-39-12-9-6-3)59-53(56)47-44-41-38-36-34-31-20-18-16-14-11-8-5-2/h11,14,18-21,23-24,50H,4-10,12-13,15-17,22,25-49H2,1-3H3/b14-11-,20-18-,21-19-,24-23-. The zero-order valence-corrected chi connectivity index (χ0v) is 39.0. The molecule has 0 fully saturated rings. The molecular weight excluding hydrogens is 733 g/mol. The van der Waals surface area contributed by atoms with Crippen molar-refractivity contribution in [3.8, 4) is 0 Å². The van der Waals surface area contributed by atoms with Gasteiger partial charge in [0, 0.05) is 19.3 Å². The molecule has 0 spiro atoms. The summed E-state index contributed by atoms with van der Waals surface area (Å²) in [4.78, 5) is 37.6. The van der Waals surface area contributed by atoms with Crippen molar-refractivity contribution in [2.75, 3.05) is 13.2 Å². The lowest BCUT2D eigenvalue weighted by atomic mass is 10.0. The molecule has 0 radical (unpaired) electrons. The van der Waals surface area contributed by atoms with Gasteiger partial charge in [-0.05, 0) is 77.0 Å². The first-order chi connectivity index (χ1) is 29.0. The molecule has 0 aromatic carbocycles. The van der Waals surface area contributed by atoms with Gasteiger partial charge in [-0.15, -0.1) is 0 Å². The normalized spacial score (nSPS) is 12.4. The Kier molecular flexibility index (Phi) is 45.9. The second kappa shape index (κ2) is 48.0. The number of ether oxygens (including phenoxy) is 3. The van der Waals surface area contributed by atoms with Crippen LogP contribution in [0.1, 0.15) is 252 Å². The van der Waals surface area contributed by atoms with Gasteiger partial charge < -0.3 is 14.2 Å². The van der Waals surface area contributed by atoms with Crippen LogP contribution in [0.3, 0.4) is 0 Å². The van der Waals surface area contributed by atoms with Gasteiger partial charge in [-0.3, -0.25) is 14.4 Å². The Hall–Kier alpha value is -2.63. The van der Waals surface area contributed by atoms with Crippen LogP contribution in [0.4, 0.5) is 0 Å². The van der Waals surface area contributed by atoms with Crippen LogP contribution in [0.15, 0.2) is 48.6 Å². The highest BCUT2D eigenvalue weighted by molar-refractivity contribution is 5.71. The summed E-state index contributed by atoms with van der Waals surface area (Å²) in [6.45, 7) is 6.47. The fraction of sp³-hybridized carbons (Fsp3) is 0.792. The van der Waals surface area contributed by atoms with Crippen LogP contribution < -0.4 is 0 Å². The molecule has 6 nitrogen and oxygen atoms in total. The van der Waals surface area contributed by atoms with Crippen LogP contribution in [0.25, 0.3) is 0 Å². The van der Waals surface area contributed by atoms with Crippen LogP contribution in [0.2, 0.25) is 0 Å². The maximum absolute atomic E-state index is 12.7. The predicted octanol–water partition coefficient (Wildman–Crippen LogP) is 16.3. The summed E-state index contributed by atoms with van der Waals surface area (Å²) >= 11 is 0. The lowest BCUT2D eigenvalue weighted by Crippen LogP contribution is -2.30. The van der Waals surface area contributed by atoms with E-state index in [0.717, 1.165) is 103 Å². The molecule has 0 saturated heterocycles. The van der Waals surface area contributed by atoms with Crippen molar-refractivity contribution in [2.24, 2.45) is 0 Å². The highest BCUT2D eigenvalue weighted by Crippen LogP contribution is 2.15. The van der Waals surface area contributed by atoms with E-state index in [1.54, 1.807) is 0 Å². The summed E-state index contributed by atoms with van der Waals surface area (Å²) in [7, 11) is 0. The largest absolute Gasteiger partial charge is 0.462 e. The van der Waals surface area contributed by atoms with Crippen molar-refractivity contribution in [2.45, 2.75) is 258 Å². The number of rotatable bonds is 45. The highest BCUT2D eigenvalue weighted by Gasteiger charge is 2.19. The third-order valence-corrected chi connectivity index (χ3v) is 10.8. The number of carbonyl (C=O) groups is 3. The number of hydrogen-bond acceptors (Lipinski definition) is 6. The molecule has 0 N–H and O–H groups in total. The average molecular weight is 827 g/mol. The Bertz CT molecular complexity index is 1040. The van der Waals surface area contributed by atoms with E-state index in [1.807, 2.05) is 0 Å². The van der Waals surface area contributed by atoms with E-state index >= 15 is 0 Å². The second-order valence-corrected chi connectivity index (χ2v) is 16.7. The summed E-state index contributed by atoms with van der Waals surface area (Å²) < 4.78 is 16.6. The lowest BCUT2D eigenvalue weighted by Gasteiger charge is -2.18. The average Bonchev–Trinajstić information content (AvgIpc) is 3.23. The quantitative estimate of drug-likeness (QED) is 0.0263. The fourth-order valence-corrected chi connectivity index (χ4v) is 6.98. The molecule has 0 aromatic heterocycles. The molecule has 1 atom stereocenters. The van der Waals surface area contributed by atoms with Gasteiger partial charge in [0.1, 0.15) is 13.2 Å². The van der Waals surface area contributed by atoms with Crippen molar-refractivity contribution in [3.63, 3.8) is 0 Å². The molecule has 0 heterocycles. The molecule has 342 valence electrons. The SMILES string of the molecule is CCC/C=C\C/C=C\CCCCCCCC(=O)OC(COC(=O)CCCCCCC)COC(=O)CCCCCCCCCCCCC/C=C\C/C=C\CCCCCCC. The van der Waals surface area contributed by atoms with Gasteiger partial charge in [-0.2, -0.15) is 0 Å². The van der Waals surface area contributed by atoms with Gasteiger partial charge in [0.15, 0.2) is 6.10 Å². The Labute approximate surface area is 365 Å². The van der Waals surface area contributed by atoms with Crippen molar-refractivity contribution in [3.05, 3.63) is 48.6 Å². The van der Waals surface area contributed by atoms with Gasteiger partial charge in [0.2, 0.25) is 0 Å². The number of hydrogen-bond donors (Lipinski definition) is 0. The first kappa shape index (κ1) is 56.4. The molecule has 0 rings (SSSR count). The molecule has 1 unspecified atom stereocenters. The second-order valence-electron chi connectivity index (χ2n) is 16.7. The number of unbranched alkanes of at least 4 members (excludes halogenated alkanes) is 26. The molecule has 0 aliphatic heterocycles. The fourth-order valence-electron chi connectivity index (χ4n) is 6.98. The van der Waals surface area contributed by atoms with Crippen molar-refractivity contribution in [1.82, 2.24) is 0 Å². The Morgan fingerprint density at radius 3 is 1.00 bits per heavy atom. The van der Waals surface area contributed by atoms with E-state index in [9.17, 15) is 14.4 Å². The number of carbonyl (C=O) groups excluding carboxylic acids is 3. The summed E-state index contributed by atoms with van der Waals surface area (Å²) in [6, 6.07) is 0. The first-order valence-electron chi connectivity index (χ1n) is 25.1. The van der Waals surface area contributed by atoms with Gasteiger partial charge in [0.05, 0.1) is 0 Å². The van der Waals surface area contributed by atoms with Crippen LogP contribution >= 0.6 is 0 Å². The minimum atomic E-state index is -0.775. The predicted molar refractivity (Wildman–Crippen MR) is 252 cm³/mol. The van der Waals surface area contributed by atoms with Gasteiger partial charge in [-0.25, -0.2) is 0 Å². The lowest BCUT2D eigenvalue weighted by molar-refractivity contribution is -0.167. The van der Waals surface area contributed by atoms with Crippen LogP contribution in [0.5, 0.6) is 0 Å². The zero-order valence-electron chi connectivity index (χ0n) is 39.0. The molecule has 0 aliphatic rings. The molecular formula is C53H94O6. The minimum absolute atomic E-state index is 0.0794. The molecule has 0 saturated carbocycles. The maximum atomic E-state index is 12.7. The Morgan fingerprint density at radius 2 is 0.644 bits per heavy atom. The maximum Gasteiger partial charge on any atom is 0.306 e. The molecule has 0 aromatic rings. The van der Waals surface area contributed by atoms with Crippen molar-refractivity contribution >= 4 is 17.9 Å². The smallest absolute Gasteiger partial charge is 0.306 e. The van der Waals surface area contributed by atoms with Crippen molar-refractivity contribution in [1.29, 1.82) is 0 Å². The molecule has 59 heavy (non-hydrogen) atoms. The van der Waals surface area contributed by atoms with E-state index in [0.29, 0.717) is 19.3 Å². The minimum Gasteiger partial charge on any atom is -0.462 e. The van der Waals surface area contributed by atoms with Gasteiger partial charge in [0.25, 0.3) is 0 Å². The third-order valence-electron chi connectivity index (χ3n) is 10.8. The summed E-state index contributed by atoms with van der Waals surface area (Å²) in [5, 5.41) is 0. The third kappa shape index (κ3) is 46.3. The van der Waals surface area contributed by atoms with Gasteiger partial charge in [-0.1, -0.05) is 204 Å². The molecule has 0 amide bonds. The zero-order chi connectivity index (χ0) is 43.0. The van der Waals surface area contributed by atoms with Crippen molar-refractivity contribution < 1.29 is 28.6 Å². The Balaban J connectivity index is 4.11. The summed E-state index contributed by atoms with van der Waals surface area (Å²) in [5.74, 6) is -0.907. The summed E-state index contributed by atoms with van der Waals surface area (Å²) in [6.07, 6.45) is 57.1. The molecule has 6 heteroatoms. The molecule has 0 bridgehead atoms. The monoisotopic (exact) mass is 827 g/mol. The van der Waals surface area contributed by atoms with E-state index in [4.69, 9.17) is 14.2 Å². The number of allylic oxidation sites excluding steroid dienone is 8. The van der Waals surface area contributed by atoms with E-state index in [-0.39, 0.29) is 31.1 Å². The van der Waals surface area contributed by atoms with Crippen LogP contribution in [-0.4, -0.2) is 37.2 Å². The Morgan fingerprint density at radius 1 is 0.339 bits per heavy atom. The molecule has 0 aliphatic carbocycles.